The summed E-state index contributed by atoms with van der Waals surface area (Å²) in [5.41, 5.74) is 0. The summed E-state index contributed by atoms with van der Waals surface area (Å²) < 4.78 is 0. The van der Waals surface area contributed by atoms with Crippen molar-refractivity contribution in [2.75, 3.05) is 13.1 Å². The summed E-state index contributed by atoms with van der Waals surface area (Å²) in [5.74, 6) is -0.0582. The summed E-state index contributed by atoms with van der Waals surface area (Å²) in [6, 6.07) is 0.0412. The fraction of sp³-hybridized carbons (Fsp3) is 0.800. The number of hydrogen-bond donors (Lipinski definition) is 0. The molecule has 1 fully saturated rings. The molecular formula is C10H18N2O2. The largest absolute Gasteiger partial charge is 0.327 e. The molecular weight excluding hydrogens is 180 g/mol. The SMILES string of the molecule is CCCN1C(=O)CN(C(C)CC)C1=O. The third-order valence-corrected chi connectivity index (χ3v) is 2.65. The van der Waals surface area contributed by atoms with Crippen molar-refractivity contribution in [2.45, 2.75) is 39.7 Å². The smallest absolute Gasteiger partial charge is 0.312 e. The Morgan fingerprint density at radius 2 is 2.00 bits per heavy atom. The summed E-state index contributed by atoms with van der Waals surface area (Å²) in [5, 5.41) is 0. The predicted octanol–water partition coefficient (Wildman–Crippen LogP) is 1.46. The number of nitrogens with zero attached hydrogens (tertiary/aromatic N) is 2. The van der Waals surface area contributed by atoms with E-state index in [4.69, 9.17) is 0 Å². The molecule has 0 saturated carbocycles. The lowest BCUT2D eigenvalue weighted by molar-refractivity contribution is -0.125. The van der Waals surface area contributed by atoms with Crippen molar-refractivity contribution in [3.8, 4) is 0 Å². The number of carbonyl (C=O) groups is 2. The van der Waals surface area contributed by atoms with Gasteiger partial charge in [-0.15, -0.1) is 0 Å². The van der Waals surface area contributed by atoms with Gasteiger partial charge in [-0.05, 0) is 19.8 Å². The van der Waals surface area contributed by atoms with Gasteiger partial charge in [0.2, 0.25) is 5.91 Å². The minimum atomic E-state index is -0.119. The highest BCUT2D eigenvalue weighted by atomic mass is 16.2. The summed E-state index contributed by atoms with van der Waals surface area (Å²) in [7, 11) is 0. The summed E-state index contributed by atoms with van der Waals surface area (Å²) in [6.07, 6.45) is 1.71. The second-order valence-electron chi connectivity index (χ2n) is 3.71. The third kappa shape index (κ3) is 1.89. The van der Waals surface area contributed by atoms with Gasteiger partial charge in [-0.2, -0.15) is 0 Å². The van der Waals surface area contributed by atoms with Crippen molar-refractivity contribution < 1.29 is 9.59 Å². The van der Waals surface area contributed by atoms with E-state index >= 15 is 0 Å². The van der Waals surface area contributed by atoms with Gasteiger partial charge in [0.1, 0.15) is 6.54 Å². The van der Waals surface area contributed by atoms with Crippen molar-refractivity contribution in [1.82, 2.24) is 9.80 Å². The van der Waals surface area contributed by atoms with Gasteiger partial charge in [0, 0.05) is 12.6 Å². The second-order valence-corrected chi connectivity index (χ2v) is 3.71. The number of carbonyl (C=O) groups excluding carboxylic acids is 2. The van der Waals surface area contributed by atoms with E-state index in [2.05, 4.69) is 0 Å². The first-order valence-corrected chi connectivity index (χ1v) is 5.22. The number of rotatable bonds is 4. The molecule has 1 atom stereocenters. The van der Waals surface area contributed by atoms with Gasteiger partial charge in [-0.1, -0.05) is 13.8 Å². The topological polar surface area (TPSA) is 40.6 Å². The van der Waals surface area contributed by atoms with Crippen LogP contribution >= 0.6 is 0 Å². The van der Waals surface area contributed by atoms with E-state index in [1.807, 2.05) is 20.8 Å². The highest BCUT2D eigenvalue weighted by molar-refractivity contribution is 6.02. The maximum absolute atomic E-state index is 11.7. The fourth-order valence-corrected chi connectivity index (χ4v) is 1.57. The zero-order valence-corrected chi connectivity index (χ0v) is 9.12. The number of hydrogen-bond acceptors (Lipinski definition) is 2. The van der Waals surface area contributed by atoms with Crippen LogP contribution in [-0.4, -0.2) is 40.9 Å². The highest BCUT2D eigenvalue weighted by Crippen LogP contribution is 2.15. The summed E-state index contributed by atoms with van der Waals surface area (Å²) in [4.78, 5) is 26.2. The zero-order chi connectivity index (χ0) is 10.7. The third-order valence-electron chi connectivity index (χ3n) is 2.65. The number of amides is 3. The van der Waals surface area contributed by atoms with Crippen molar-refractivity contribution in [2.24, 2.45) is 0 Å². The van der Waals surface area contributed by atoms with E-state index in [0.717, 1.165) is 12.8 Å². The van der Waals surface area contributed by atoms with E-state index in [1.54, 1.807) is 4.90 Å². The monoisotopic (exact) mass is 198 g/mol. The van der Waals surface area contributed by atoms with Crippen LogP contribution in [0, 0.1) is 0 Å². The molecule has 1 aliphatic heterocycles. The van der Waals surface area contributed by atoms with Crippen LogP contribution in [0.4, 0.5) is 4.79 Å². The van der Waals surface area contributed by atoms with Crippen molar-refractivity contribution in [1.29, 1.82) is 0 Å². The molecule has 0 spiro atoms. The van der Waals surface area contributed by atoms with Crippen LogP contribution in [0.15, 0.2) is 0 Å². The van der Waals surface area contributed by atoms with E-state index in [1.165, 1.54) is 4.90 Å². The molecule has 0 bridgehead atoms. The Balaban J connectivity index is 2.68. The van der Waals surface area contributed by atoms with E-state index < -0.39 is 0 Å². The van der Waals surface area contributed by atoms with Crippen LogP contribution in [0.1, 0.15) is 33.6 Å². The highest BCUT2D eigenvalue weighted by Gasteiger charge is 2.36. The normalized spacial score (nSPS) is 19.4. The Hall–Kier alpha value is -1.06. The Bertz CT molecular complexity index is 240. The van der Waals surface area contributed by atoms with E-state index in [0.29, 0.717) is 6.54 Å². The molecule has 14 heavy (non-hydrogen) atoms. The Morgan fingerprint density at radius 3 is 2.50 bits per heavy atom. The van der Waals surface area contributed by atoms with Crippen LogP contribution in [0.3, 0.4) is 0 Å². The molecule has 0 aliphatic carbocycles. The maximum Gasteiger partial charge on any atom is 0.327 e. The summed E-state index contributed by atoms with van der Waals surface area (Å²) in [6.45, 7) is 6.76. The fourth-order valence-electron chi connectivity index (χ4n) is 1.57. The first kappa shape index (κ1) is 11.0. The van der Waals surface area contributed by atoms with Crippen molar-refractivity contribution >= 4 is 11.9 Å². The molecule has 0 N–H and O–H groups in total. The molecule has 1 aliphatic rings. The molecule has 4 heteroatoms. The molecule has 1 saturated heterocycles. The average Bonchev–Trinajstić information content (AvgIpc) is 2.45. The molecule has 1 unspecified atom stereocenters. The van der Waals surface area contributed by atoms with Crippen LogP contribution in [0.5, 0.6) is 0 Å². The van der Waals surface area contributed by atoms with Crippen molar-refractivity contribution in [3.63, 3.8) is 0 Å². The van der Waals surface area contributed by atoms with E-state index in [9.17, 15) is 9.59 Å². The minimum Gasteiger partial charge on any atom is -0.312 e. The van der Waals surface area contributed by atoms with Crippen LogP contribution < -0.4 is 0 Å². The predicted molar refractivity (Wildman–Crippen MR) is 53.9 cm³/mol. The molecule has 0 aromatic heterocycles. The Labute approximate surface area is 84.9 Å². The second kappa shape index (κ2) is 4.44. The average molecular weight is 198 g/mol. The number of imide groups is 1. The van der Waals surface area contributed by atoms with Crippen LogP contribution in [0.25, 0.3) is 0 Å². The van der Waals surface area contributed by atoms with Crippen LogP contribution in [-0.2, 0) is 4.79 Å². The first-order valence-electron chi connectivity index (χ1n) is 5.22. The quantitative estimate of drug-likeness (QED) is 0.642. The molecule has 0 aromatic carbocycles. The molecule has 1 rings (SSSR count). The van der Waals surface area contributed by atoms with Gasteiger partial charge >= 0.3 is 6.03 Å². The van der Waals surface area contributed by atoms with Gasteiger partial charge in [-0.3, -0.25) is 9.69 Å². The van der Waals surface area contributed by atoms with Gasteiger partial charge in [0.25, 0.3) is 0 Å². The number of urea groups is 1. The van der Waals surface area contributed by atoms with Gasteiger partial charge < -0.3 is 4.90 Å². The Kier molecular flexibility index (Phi) is 3.49. The molecule has 0 aromatic rings. The lowest BCUT2D eigenvalue weighted by Gasteiger charge is -2.22. The summed E-state index contributed by atoms with van der Waals surface area (Å²) >= 11 is 0. The Morgan fingerprint density at radius 1 is 1.36 bits per heavy atom. The standard InChI is InChI=1S/C10H18N2O2/c1-4-6-11-9(13)7-12(10(11)14)8(3)5-2/h8H,4-7H2,1-3H3. The molecule has 3 amide bonds. The zero-order valence-electron chi connectivity index (χ0n) is 9.12. The molecule has 80 valence electrons. The van der Waals surface area contributed by atoms with E-state index in [-0.39, 0.29) is 24.5 Å². The molecule has 1 heterocycles. The molecule has 4 nitrogen and oxygen atoms in total. The first-order chi connectivity index (χ1) is 6.61. The van der Waals surface area contributed by atoms with Crippen molar-refractivity contribution in [3.05, 3.63) is 0 Å². The van der Waals surface area contributed by atoms with Gasteiger partial charge in [0.15, 0.2) is 0 Å². The lowest BCUT2D eigenvalue weighted by atomic mass is 10.2. The maximum atomic E-state index is 11.7. The minimum absolute atomic E-state index is 0.0582. The molecule has 0 radical (unpaired) electrons. The van der Waals surface area contributed by atoms with Gasteiger partial charge in [-0.25, -0.2) is 4.79 Å². The van der Waals surface area contributed by atoms with Gasteiger partial charge in [0.05, 0.1) is 0 Å². The lowest BCUT2D eigenvalue weighted by Crippen LogP contribution is -2.37. The van der Waals surface area contributed by atoms with Crippen LogP contribution in [0.2, 0.25) is 0 Å².